The standard InChI is InChI=1S/C13H14N2O5/c1-7-11(16)14-13(18)15(12(7)17)8-4-9(19-2)6-10(5-8)20-3/h4-6,17H,1-3H3,(H,14,16,18). The zero-order valence-corrected chi connectivity index (χ0v) is 11.3. The van der Waals surface area contributed by atoms with Crippen molar-refractivity contribution in [2.24, 2.45) is 0 Å². The van der Waals surface area contributed by atoms with Gasteiger partial charge in [0, 0.05) is 18.2 Å². The number of benzene rings is 1. The van der Waals surface area contributed by atoms with Gasteiger partial charge in [-0.25, -0.2) is 9.36 Å². The van der Waals surface area contributed by atoms with Crippen LogP contribution in [0.2, 0.25) is 0 Å². The number of hydrogen-bond donors (Lipinski definition) is 2. The monoisotopic (exact) mass is 278 g/mol. The summed E-state index contributed by atoms with van der Waals surface area (Å²) in [6.07, 6.45) is 0. The molecule has 0 aliphatic heterocycles. The second-order valence-electron chi connectivity index (χ2n) is 4.11. The minimum Gasteiger partial charge on any atom is -0.497 e. The summed E-state index contributed by atoms with van der Waals surface area (Å²) < 4.78 is 11.2. The maximum absolute atomic E-state index is 11.9. The molecular weight excluding hydrogens is 264 g/mol. The topological polar surface area (TPSA) is 93.6 Å². The van der Waals surface area contributed by atoms with Crippen molar-refractivity contribution in [3.05, 3.63) is 44.6 Å². The Morgan fingerprint density at radius 3 is 2.15 bits per heavy atom. The van der Waals surface area contributed by atoms with Gasteiger partial charge in [0.2, 0.25) is 5.88 Å². The minimum atomic E-state index is -0.742. The van der Waals surface area contributed by atoms with Crippen LogP contribution in [0.3, 0.4) is 0 Å². The molecule has 2 N–H and O–H groups in total. The Kier molecular flexibility index (Phi) is 3.51. The zero-order chi connectivity index (χ0) is 14.9. The van der Waals surface area contributed by atoms with E-state index in [4.69, 9.17) is 9.47 Å². The highest BCUT2D eigenvalue weighted by Gasteiger charge is 2.13. The van der Waals surface area contributed by atoms with E-state index in [2.05, 4.69) is 4.98 Å². The van der Waals surface area contributed by atoms with Crippen molar-refractivity contribution in [1.82, 2.24) is 9.55 Å². The molecule has 7 nitrogen and oxygen atoms in total. The highest BCUT2D eigenvalue weighted by Crippen LogP contribution is 2.26. The summed E-state index contributed by atoms with van der Waals surface area (Å²) in [7, 11) is 2.94. The molecule has 2 aromatic rings. The maximum Gasteiger partial charge on any atom is 0.335 e. The third kappa shape index (κ3) is 2.25. The number of ether oxygens (including phenoxy) is 2. The van der Waals surface area contributed by atoms with Crippen molar-refractivity contribution in [1.29, 1.82) is 0 Å². The average molecular weight is 278 g/mol. The fraction of sp³-hybridized carbons (Fsp3) is 0.231. The number of aromatic hydroxyl groups is 1. The summed E-state index contributed by atoms with van der Waals surface area (Å²) >= 11 is 0. The number of nitrogens with zero attached hydrogens (tertiary/aromatic N) is 1. The summed E-state index contributed by atoms with van der Waals surface area (Å²) in [5.41, 5.74) is -0.999. The molecule has 0 atom stereocenters. The van der Waals surface area contributed by atoms with Crippen molar-refractivity contribution in [3.63, 3.8) is 0 Å². The van der Waals surface area contributed by atoms with E-state index in [1.807, 2.05) is 0 Å². The molecule has 20 heavy (non-hydrogen) atoms. The predicted octanol–water partition coefficient (Wildman–Crippen LogP) is 0.557. The lowest BCUT2D eigenvalue weighted by Crippen LogP contribution is -2.30. The second-order valence-corrected chi connectivity index (χ2v) is 4.11. The molecule has 106 valence electrons. The van der Waals surface area contributed by atoms with Crippen LogP contribution in [0, 0.1) is 6.92 Å². The number of H-pyrrole nitrogens is 1. The third-order valence-electron chi connectivity index (χ3n) is 2.91. The molecule has 0 aliphatic rings. The lowest BCUT2D eigenvalue weighted by molar-refractivity contribution is 0.392. The van der Waals surface area contributed by atoms with Crippen LogP contribution in [0.25, 0.3) is 5.69 Å². The molecular formula is C13H14N2O5. The van der Waals surface area contributed by atoms with Gasteiger partial charge in [0.05, 0.1) is 25.5 Å². The first kappa shape index (κ1) is 13.7. The Labute approximate surface area is 114 Å². The van der Waals surface area contributed by atoms with Crippen molar-refractivity contribution >= 4 is 0 Å². The molecule has 1 heterocycles. The van der Waals surface area contributed by atoms with E-state index in [-0.39, 0.29) is 5.56 Å². The van der Waals surface area contributed by atoms with Gasteiger partial charge in [-0.2, -0.15) is 0 Å². The molecule has 2 rings (SSSR count). The van der Waals surface area contributed by atoms with Crippen molar-refractivity contribution in [2.75, 3.05) is 14.2 Å². The summed E-state index contributed by atoms with van der Waals surface area (Å²) in [6, 6.07) is 4.72. The summed E-state index contributed by atoms with van der Waals surface area (Å²) in [5.74, 6) is 0.484. The van der Waals surface area contributed by atoms with E-state index < -0.39 is 17.1 Å². The van der Waals surface area contributed by atoms with Gasteiger partial charge in [0.25, 0.3) is 5.56 Å². The molecule has 0 unspecified atom stereocenters. The van der Waals surface area contributed by atoms with Gasteiger partial charge in [-0.15, -0.1) is 0 Å². The Morgan fingerprint density at radius 1 is 1.10 bits per heavy atom. The Hall–Kier alpha value is -2.70. The number of hydrogen-bond acceptors (Lipinski definition) is 5. The molecule has 1 aromatic carbocycles. The second kappa shape index (κ2) is 5.12. The molecule has 0 saturated carbocycles. The quantitative estimate of drug-likeness (QED) is 0.855. The van der Waals surface area contributed by atoms with Gasteiger partial charge >= 0.3 is 5.69 Å². The van der Waals surface area contributed by atoms with Crippen LogP contribution in [0.1, 0.15) is 5.56 Å². The van der Waals surface area contributed by atoms with Crippen LogP contribution in [0.5, 0.6) is 17.4 Å². The first-order valence-electron chi connectivity index (χ1n) is 5.76. The van der Waals surface area contributed by atoms with Crippen molar-refractivity contribution < 1.29 is 14.6 Å². The number of rotatable bonds is 3. The minimum absolute atomic E-state index is 0.0476. The van der Waals surface area contributed by atoms with E-state index in [0.717, 1.165) is 4.57 Å². The van der Waals surface area contributed by atoms with Crippen molar-refractivity contribution in [2.45, 2.75) is 6.92 Å². The Balaban J connectivity index is 2.78. The number of methoxy groups -OCH3 is 2. The first-order valence-corrected chi connectivity index (χ1v) is 5.76. The molecule has 0 fully saturated rings. The van der Waals surface area contributed by atoms with Gasteiger partial charge in [-0.05, 0) is 6.92 Å². The fourth-order valence-electron chi connectivity index (χ4n) is 1.77. The summed E-state index contributed by atoms with van der Waals surface area (Å²) in [6.45, 7) is 1.42. The number of nitrogens with one attached hydrogen (secondary N) is 1. The highest BCUT2D eigenvalue weighted by molar-refractivity contribution is 5.48. The van der Waals surface area contributed by atoms with E-state index in [1.54, 1.807) is 18.2 Å². The predicted molar refractivity (Wildman–Crippen MR) is 72.2 cm³/mol. The fourth-order valence-corrected chi connectivity index (χ4v) is 1.77. The first-order chi connectivity index (χ1) is 9.47. The molecule has 1 aromatic heterocycles. The molecule has 0 bridgehead atoms. The van der Waals surface area contributed by atoms with Gasteiger partial charge < -0.3 is 14.6 Å². The van der Waals surface area contributed by atoms with Crippen LogP contribution in [-0.4, -0.2) is 28.9 Å². The van der Waals surface area contributed by atoms with Crippen LogP contribution < -0.4 is 20.7 Å². The normalized spacial score (nSPS) is 10.3. The lowest BCUT2D eigenvalue weighted by Gasteiger charge is -2.12. The van der Waals surface area contributed by atoms with Crippen LogP contribution in [0.4, 0.5) is 0 Å². The Bertz CT molecular complexity index is 738. The largest absolute Gasteiger partial charge is 0.497 e. The van der Waals surface area contributed by atoms with Crippen LogP contribution >= 0.6 is 0 Å². The van der Waals surface area contributed by atoms with Gasteiger partial charge in [-0.3, -0.25) is 9.78 Å². The highest BCUT2D eigenvalue weighted by atomic mass is 16.5. The van der Waals surface area contributed by atoms with Crippen molar-refractivity contribution in [3.8, 4) is 23.1 Å². The molecule has 0 saturated heterocycles. The summed E-state index contributed by atoms with van der Waals surface area (Å²) in [5, 5.41) is 10.0. The molecule has 0 amide bonds. The zero-order valence-electron chi connectivity index (χ0n) is 11.3. The molecule has 7 heteroatoms. The van der Waals surface area contributed by atoms with Crippen LogP contribution in [-0.2, 0) is 0 Å². The average Bonchev–Trinajstić information content (AvgIpc) is 2.44. The van der Waals surface area contributed by atoms with E-state index in [9.17, 15) is 14.7 Å². The molecule has 0 aliphatic carbocycles. The van der Waals surface area contributed by atoms with Gasteiger partial charge in [0.15, 0.2) is 0 Å². The van der Waals surface area contributed by atoms with Crippen LogP contribution in [0.15, 0.2) is 27.8 Å². The number of aromatic amines is 1. The smallest absolute Gasteiger partial charge is 0.335 e. The molecule has 0 spiro atoms. The maximum atomic E-state index is 11.9. The Morgan fingerprint density at radius 2 is 1.65 bits per heavy atom. The SMILES string of the molecule is COc1cc(OC)cc(-n2c(O)c(C)c(=O)[nH]c2=O)c1. The van der Waals surface area contributed by atoms with E-state index in [1.165, 1.54) is 21.1 Å². The van der Waals surface area contributed by atoms with E-state index >= 15 is 0 Å². The third-order valence-corrected chi connectivity index (χ3v) is 2.91. The lowest BCUT2D eigenvalue weighted by atomic mass is 10.2. The number of aromatic nitrogens is 2. The molecule has 0 radical (unpaired) electrons. The van der Waals surface area contributed by atoms with E-state index in [0.29, 0.717) is 17.2 Å². The van der Waals surface area contributed by atoms with Gasteiger partial charge in [0.1, 0.15) is 11.5 Å². The van der Waals surface area contributed by atoms with Gasteiger partial charge in [-0.1, -0.05) is 0 Å². The summed E-state index contributed by atoms with van der Waals surface area (Å²) in [4.78, 5) is 25.4.